The van der Waals surface area contributed by atoms with Gasteiger partial charge in [0.15, 0.2) is 44.0 Å². The average Bonchev–Trinajstić information content (AvgIpc) is 2.78. The Labute approximate surface area is 486 Å². The first-order valence-electron chi connectivity index (χ1n) is 27.4. The smallest absolute Gasteiger partial charge is 0.187 e. The van der Waals surface area contributed by atoms with Crippen molar-refractivity contribution in [3.8, 4) is 0 Å². The second kappa shape index (κ2) is 32.2. The quantitative estimate of drug-likeness (QED) is 0.0382. The zero-order valence-electron chi connectivity index (χ0n) is 47.5. The summed E-state index contributed by atoms with van der Waals surface area (Å²) in [6.07, 6.45) is -54.6. The van der Waals surface area contributed by atoms with Gasteiger partial charge in [-0.3, -0.25) is 0 Å². The SMILES string of the molecule is CO[C@@H]1[C@H](O)[C@@H](O[C@H]2[C@H](OC)[C@H](O)[C@@H](O[C@H]3[C@H](OC)[C@H](O)[C@@H](O[C@H]4[C@H](OC)[C@H](O)[C@@H](O[C@H]5[C@H](OC)[C@H](O)[C@@H](O[C@H]6[C@H](OC)[C@H](O)[C@@H](O[C@H]7[C@H](OC)[C@H](O)C(O)O[C@@H]7CO)O[C@@H]6CO)O[C@@H]5CO)O[C@@H]4CO)O[C@@H]3CO)O[C@@H]2CO)O[C@H](CO)[C@H]1O. The third-order valence-corrected chi connectivity index (χ3v) is 16.3. The van der Waals surface area contributed by atoms with Crippen LogP contribution in [-0.2, 0) is 94.7 Å². The Hall–Kier alpha value is -1.44. The lowest BCUT2D eigenvalue weighted by atomic mass is 9.94. The summed E-state index contributed by atoms with van der Waals surface area (Å²) in [6, 6.07) is 0. The van der Waals surface area contributed by atoms with Crippen LogP contribution in [0.4, 0.5) is 0 Å². The van der Waals surface area contributed by atoms with Crippen molar-refractivity contribution < 1.29 is 176 Å². The largest absolute Gasteiger partial charge is 0.394 e. The van der Waals surface area contributed by atoms with Crippen LogP contribution in [0.5, 0.6) is 0 Å². The predicted molar refractivity (Wildman–Crippen MR) is 265 cm³/mol. The van der Waals surface area contributed by atoms with E-state index in [-0.39, 0.29) is 0 Å². The Morgan fingerprint density at radius 1 is 0.212 bits per heavy atom. The molecule has 0 amide bonds. The van der Waals surface area contributed by atoms with E-state index < -0.39 is 261 Å². The summed E-state index contributed by atoms with van der Waals surface area (Å²) in [5, 5.41) is 173. The van der Waals surface area contributed by atoms with E-state index in [1.54, 1.807) is 0 Å². The van der Waals surface area contributed by atoms with Crippen LogP contribution in [0.25, 0.3) is 0 Å². The van der Waals surface area contributed by atoms with Crippen LogP contribution in [0.15, 0.2) is 0 Å². The van der Waals surface area contributed by atoms with Gasteiger partial charge in [0.1, 0.15) is 171 Å². The third-order valence-electron chi connectivity index (χ3n) is 16.3. The molecule has 0 aliphatic carbocycles. The first-order chi connectivity index (χ1) is 40.8. The van der Waals surface area contributed by atoms with Crippen molar-refractivity contribution >= 4 is 0 Å². The molecular formula is C49H86O36. The third kappa shape index (κ3) is 14.8. The minimum Gasteiger partial charge on any atom is -0.394 e. The van der Waals surface area contributed by atoms with Crippen molar-refractivity contribution in [2.75, 3.05) is 96.0 Å². The number of rotatable bonds is 26. The molecule has 35 atom stereocenters. The maximum atomic E-state index is 11.8. The molecule has 7 aliphatic heterocycles. The van der Waals surface area contributed by atoms with E-state index in [1.165, 1.54) is 35.5 Å². The second-order valence-corrected chi connectivity index (χ2v) is 21.0. The summed E-state index contributed by atoms with van der Waals surface area (Å²) in [5.74, 6) is 0. The Morgan fingerprint density at radius 2 is 0.388 bits per heavy atom. The summed E-state index contributed by atoms with van der Waals surface area (Å²) in [4.78, 5) is 0. The monoisotopic (exact) mass is 1250 g/mol. The van der Waals surface area contributed by atoms with E-state index >= 15 is 0 Å². The Morgan fingerprint density at radius 3 is 0.588 bits per heavy atom. The molecule has 0 radical (unpaired) electrons. The highest BCUT2D eigenvalue weighted by Crippen LogP contribution is 2.39. The fourth-order valence-electron chi connectivity index (χ4n) is 11.8. The first-order valence-corrected chi connectivity index (χ1v) is 27.4. The normalized spacial score (nSPS) is 50.1. The predicted octanol–water partition coefficient (Wildman–Crippen LogP) is -11.7. The number of ether oxygens (including phenoxy) is 20. The van der Waals surface area contributed by atoms with E-state index in [0.717, 1.165) is 14.2 Å². The molecule has 0 aromatic heterocycles. The van der Waals surface area contributed by atoms with E-state index in [0.29, 0.717) is 0 Å². The van der Waals surface area contributed by atoms with Gasteiger partial charge in [-0.15, -0.1) is 0 Å². The first kappa shape index (κ1) is 71.0. The molecule has 0 saturated carbocycles. The molecule has 36 nitrogen and oxygen atoms in total. The molecule has 7 aliphatic rings. The highest BCUT2D eigenvalue weighted by atomic mass is 16.8. The van der Waals surface area contributed by atoms with Crippen LogP contribution in [0.3, 0.4) is 0 Å². The maximum Gasteiger partial charge on any atom is 0.187 e. The van der Waals surface area contributed by atoms with Crippen molar-refractivity contribution in [1.29, 1.82) is 0 Å². The molecule has 16 N–H and O–H groups in total. The molecule has 7 rings (SSSR count). The lowest BCUT2D eigenvalue weighted by Gasteiger charge is -2.51. The lowest BCUT2D eigenvalue weighted by Crippen LogP contribution is -2.69. The highest BCUT2D eigenvalue weighted by Gasteiger charge is 2.59. The van der Waals surface area contributed by atoms with E-state index in [9.17, 15) is 81.7 Å². The molecule has 0 aromatic rings. The summed E-state index contributed by atoms with van der Waals surface area (Å²) in [7, 11) is 8.25. The number of hydrogen-bond acceptors (Lipinski definition) is 36. The van der Waals surface area contributed by atoms with Crippen LogP contribution in [0.2, 0.25) is 0 Å². The molecule has 7 saturated heterocycles. The minimum atomic E-state index is -1.86. The Bertz CT molecular complexity index is 1940. The summed E-state index contributed by atoms with van der Waals surface area (Å²) >= 11 is 0. The van der Waals surface area contributed by atoms with Crippen LogP contribution < -0.4 is 0 Å². The minimum absolute atomic E-state index is 0.698. The van der Waals surface area contributed by atoms with Crippen molar-refractivity contribution in [2.45, 2.75) is 215 Å². The Balaban J connectivity index is 1.00. The van der Waals surface area contributed by atoms with Gasteiger partial charge in [-0.05, 0) is 0 Å². The second-order valence-electron chi connectivity index (χ2n) is 21.0. The van der Waals surface area contributed by atoms with Crippen LogP contribution in [0.1, 0.15) is 0 Å². The van der Waals surface area contributed by atoms with Gasteiger partial charge in [0.2, 0.25) is 0 Å². The van der Waals surface area contributed by atoms with Gasteiger partial charge in [0.05, 0.1) is 46.2 Å². The number of aliphatic hydroxyl groups is 16. The van der Waals surface area contributed by atoms with E-state index in [4.69, 9.17) is 94.7 Å². The van der Waals surface area contributed by atoms with Gasteiger partial charge in [-0.25, -0.2) is 0 Å². The van der Waals surface area contributed by atoms with Crippen LogP contribution in [-0.4, -0.2) is 393 Å². The fourth-order valence-corrected chi connectivity index (χ4v) is 11.8. The molecule has 1 unspecified atom stereocenters. The molecule has 7 heterocycles. The van der Waals surface area contributed by atoms with Gasteiger partial charge in [-0.2, -0.15) is 0 Å². The highest BCUT2D eigenvalue weighted by molar-refractivity contribution is 5.02. The van der Waals surface area contributed by atoms with Crippen molar-refractivity contribution in [1.82, 2.24) is 0 Å². The zero-order valence-corrected chi connectivity index (χ0v) is 47.5. The average molecular weight is 1250 g/mol. The fraction of sp³-hybridized carbons (Fsp3) is 1.00. The van der Waals surface area contributed by atoms with Gasteiger partial charge >= 0.3 is 0 Å². The summed E-state index contributed by atoms with van der Waals surface area (Å²) < 4.78 is 116. The molecule has 0 bridgehead atoms. The molecule has 498 valence electrons. The number of hydrogen-bond donors (Lipinski definition) is 16. The van der Waals surface area contributed by atoms with E-state index in [1.807, 2.05) is 0 Å². The van der Waals surface area contributed by atoms with Crippen molar-refractivity contribution in [3.63, 3.8) is 0 Å². The maximum absolute atomic E-state index is 11.8. The van der Waals surface area contributed by atoms with Gasteiger partial charge in [-0.1, -0.05) is 0 Å². The van der Waals surface area contributed by atoms with Gasteiger partial charge in [0, 0.05) is 49.8 Å². The topological polar surface area (TPSA) is 508 Å². The van der Waals surface area contributed by atoms with Gasteiger partial charge < -0.3 is 176 Å². The summed E-state index contributed by atoms with van der Waals surface area (Å²) in [6.45, 7) is -5.65. The molecule has 36 heteroatoms. The van der Waals surface area contributed by atoms with Crippen molar-refractivity contribution in [2.24, 2.45) is 0 Å². The Kier molecular flexibility index (Phi) is 26.9. The van der Waals surface area contributed by atoms with Crippen molar-refractivity contribution in [3.05, 3.63) is 0 Å². The van der Waals surface area contributed by atoms with Gasteiger partial charge in [0.25, 0.3) is 0 Å². The molecule has 7 fully saturated rings. The zero-order chi connectivity index (χ0) is 62.3. The van der Waals surface area contributed by atoms with E-state index in [2.05, 4.69) is 0 Å². The van der Waals surface area contributed by atoms with Crippen LogP contribution in [0, 0.1) is 0 Å². The number of aliphatic hydroxyl groups excluding tert-OH is 16. The molecule has 0 aromatic carbocycles. The number of methoxy groups -OCH3 is 7. The standard InChI is InChI=1S/C49H86O36/c1-66-36-22(57)15(8-50)74-44(24(36)59)81-31-17(10-52)76-46(26(61)38(31)68-3)83-33-19(12-54)78-48(28(63)40(33)70-5)85-35-21(14-56)79-49(29(64)42(35)72-7)84-34-20(13-55)77-47(27(62)41(34)71-6)82-32-18(11-53)75-45(25(60)39(32)69-4)80-30-16(9-51)73-43(65)23(58)37(30)67-2/h15-65H,8-14H2,1-7H3/t15-,16-,17-,18-,19-,20-,21-,22-,23+,24+,25+,26+,27+,28+,29+,30-,31-,32-,33-,34-,35-,36+,37-,38-,39-,40-,41-,42-,43?,44-,45-,46-,47-,48-,49-/m1/s1. The molecule has 0 spiro atoms. The lowest BCUT2D eigenvalue weighted by molar-refractivity contribution is -0.400. The van der Waals surface area contributed by atoms with Crippen LogP contribution >= 0.6 is 0 Å². The summed E-state index contributed by atoms with van der Waals surface area (Å²) in [5.41, 5.74) is 0. The molecular weight excluding hydrogens is 1160 g/mol. The molecule has 85 heavy (non-hydrogen) atoms.